The minimum absolute atomic E-state index is 0.0929. The quantitative estimate of drug-likeness (QED) is 0.366. The fraction of sp³-hybridized carbons (Fsp3) is 0.692. The Kier molecular flexibility index (Phi) is 7.57. The van der Waals surface area contributed by atoms with Crippen LogP contribution in [0.5, 0.6) is 0 Å². The summed E-state index contributed by atoms with van der Waals surface area (Å²) in [6.07, 6.45) is 0. The predicted molar refractivity (Wildman–Crippen MR) is 69.0 cm³/mol. The summed E-state index contributed by atoms with van der Waals surface area (Å²) >= 11 is 0. The topological polar surface area (TPSA) is 116 Å². The van der Waals surface area contributed by atoms with Crippen molar-refractivity contribution in [2.24, 2.45) is 5.92 Å². The summed E-state index contributed by atoms with van der Waals surface area (Å²) in [6, 6.07) is 0. The minimum Gasteiger partial charge on any atom is -0.465 e. The van der Waals surface area contributed by atoms with E-state index in [1.54, 1.807) is 0 Å². The molecule has 1 unspecified atom stereocenters. The molecule has 8 nitrogen and oxygen atoms in total. The highest BCUT2D eigenvalue weighted by Gasteiger charge is 2.59. The van der Waals surface area contributed by atoms with Crippen LogP contribution in [0.4, 0.5) is 0 Å². The van der Waals surface area contributed by atoms with Crippen LogP contribution in [-0.2, 0) is 33.4 Å². The maximum absolute atomic E-state index is 11.9. The Bertz CT molecular complexity index is 396. The number of Topliss-reactive ketones (excluding diaryl/α,β-unsaturated/α-hetero) is 1. The molecular formula is C13H20O8. The number of ether oxygens (including phenoxy) is 3. The molecule has 0 bridgehead atoms. The summed E-state index contributed by atoms with van der Waals surface area (Å²) in [6.45, 7) is 4.90. The normalized spacial score (nSPS) is 12.2. The molecule has 0 amide bonds. The standard InChI is InChI=1S/C13H20O8/c1-5-19-10(15)9(8(4)14)13(18,11(16)20-6-2)12(17)21-7-3/h9,18H,5-7H2,1-4H3. The Morgan fingerprint density at radius 1 is 0.905 bits per heavy atom. The lowest BCUT2D eigenvalue weighted by Crippen LogP contribution is -2.59. The highest BCUT2D eigenvalue weighted by Crippen LogP contribution is 2.24. The number of rotatable bonds is 8. The van der Waals surface area contributed by atoms with Crippen LogP contribution in [0.25, 0.3) is 0 Å². The molecule has 0 spiro atoms. The molecule has 8 heteroatoms. The minimum atomic E-state index is -3.07. The second-order valence-electron chi connectivity index (χ2n) is 4.00. The van der Waals surface area contributed by atoms with Crippen molar-refractivity contribution >= 4 is 23.7 Å². The van der Waals surface area contributed by atoms with Crippen LogP contribution in [-0.4, -0.2) is 54.2 Å². The Labute approximate surface area is 122 Å². The summed E-state index contributed by atoms with van der Waals surface area (Å²) in [4.78, 5) is 47.3. The molecule has 0 aromatic heterocycles. The van der Waals surface area contributed by atoms with E-state index in [1.165, 1.54) is 20.8 Å². The van der Waals surface area contributed by atoms with E-state index < -0.39 is 35.2 Å². The lowest BCUT2D eigenvalue weighted by Gasteiger charge is -2.28. The molecule has 1 N–H and O–H groups in total. The van der Waals surface area contributed by atoms with Gasteiger partial charge in [0.1, 0.15) is 5.78 Å². The van der Waals surface area contributed by atoms with Crippen molar-refractivity contribution in [1.82, 2.24) is 0 Å². The molecule has 0 aliphatic heterocycles. The third-order valence-corrected chi connectivity index (χ3v) is 2.52. The molecule has 120 valence electrons. The Balaban J connectivity index is 5.81. The zero-order chi connectivity index (χ0) is 16.6. The number of carbonyl (C=O) groups excluding carboxylic acids is 4. The molecule has 0 heterocycles. The zero-order valence-corrected chi connectivity index (χ0v) is 12.5. The van der Waals surface area contributed by atoms with Gasteiger partial charge in [-0.3, -0.25) is 9.59 Å². The highest BCUT2D eigenvalue weighted by molar-refractivity contribution is 6.14. The van der Waals surface area contributed by atoms with Gasteiger partial charge in [0, 0.05) is 0 Å². The molecule has 0 saturated heterocycles. The van der Waals surface area contributed by atoms with Crippen LogP contribution < -0.4 is 0 Å². The molecule has 0 aromatic rings. The molecule has 0 rings (SSSR count). The van der Waals surface area contributed by atoms with Gasteiger partial charge in [-0.2, -0.15) is 0 Å². The molecule has 0 fully saturated rings. The van der Waals surface area contributed by atoms with Crippen molar-refractivity contribution in [3.05, 3.63) is 0 Å². The van der Waals surface area contributed by atoms with Crippen molar-refractivity contribution in [1.29, 1.82) is 0 Å². The van der Waals surface area contributed by atoms with Gasteiger partial charge in [-0.25, -0.2) is 9.59 Å². The van der Waals surface area contributed by atoms with Gasteiger partial charge in [0.05, 0.1) is 19.8 Å². The van der Waals surface area contributed by atoms with Gasteiger partial charge in [0.2, 0.25) is 0 Å². The number of hydrogen-bond acceptors (Lipinski definition) is 8. The zero-order valence-electron chi connectivity index (χ0n) is 12.5. The molecule has 0 saturated carbocycles. The van der Waals surface area contributed by atoms with Gasteiger partial charge in [0.25, 0.3) is 5.60 Å². The maximum Gasteiger partial charge on any atom is 0.351 e. The van der Waals surface area contributed by atoms with Gasteiger partial charge < -0.3 is 19.3 Å². The number of carbonyl (C=O) groups is 4. The summed E-state index contributed by atoms with van der Waals surface area (Å²) in [7, 11) is 0. The molecule has 0 aromatic carbocycles. The molecule has 0 aliphatic rings. The van der Waals surface area contributed by atoms with Gasteiger partial charge in [0.15, 0.2) is 5.92 Å². The van der Waals surface area contributed by atoms with E-state index in [0.29, 0.717) is 0 Å². The predicted octanol–water partition coefficient (Wildman–Crippen LogP) is -0.388. The summed E-state index contributed by atoms with van der Waals surface area (Å²) < 4.78 is 13.8. The fourth-order valence-electron chi connectivity index (χ4n) is 1.66. The molecule has 0 aliphatic carbocycles. The van der Waals surface area contributed by atoms with Crippen LogP contribution in [0.2, 0.25) is 0 Å². The van der Waals surface area contributed by atoms with E-state index in [1.807, 2.05) is 0 Å². The van der Waals surface area contributed by atoms with E-state index in [0.717, 1.165) is 6.92 Å². The van der Waals surface area contributed by atoms with E-state index in [-0.39, 0.29) is 19.8 Å². The van der Waals surface area contributed by atoms with Gasteiger partial charge in [-0.15, -0.1) is 0 Å². The van der Waals surface area contributed by atoms with E-state index >= 15 is 0 Å². The highest BCUT2D eigenvalue weighted by atomic mass is 16.6. The lowest BCUT2D eigenvalue weighted by molar-refractivity contribution is -0.196. The Morgan fingerprint density at radius 2 is 1.29 bits per heavy atom. The molecule has 1 atom stereocenters. The second-order valence-corrected chi connectivity index (χ2v) is 4.00. The second kappa shape index (κ2) is 8.35. The van der Waals surface area contributed by atoms with Crippen molar-refractivity contribution in [2.75, 3.05) is 19.8 Å². The van der Waals surface area contributed by atoms with Crippen LogP contribution in [0, 0.1) is 5.92 Å². The summed E-state index contributed by atoms with van der Waals surface area (Å²) in [5.41, 5.74) is -3.07. The van der Waals surface area contributed by atoms with Crippen LogP contribution in [0.1, 0.15) is 27.7 Å². The van der Waals surface area contributed by atoms with Gasteiger partial charge >= 0.3 is 17.9 Å². The van der Waals surface area contributed by atoms with Crippen LogP contribution in [0.3, 0.4) is 0 Å². The number of aliphatic hydroxyl groups is 1. The average molecular weight is 304 g/mol. The third-order valence-electron chi connectivity index (χ3n) is 2.52. The first-order chi connectivity index (χ1) is 9.77. The number of ketones is 1. The Morgan fingerprint density at radius 3 is 1.57 bits per heavy atom. The van der Waals surface area contributed by atoms with E-state index in [4.69, 9.17) is 0 Å². The van der Waals surface area contributed by atoms with Crippen molar-refractivity contribution in [3.63, 3.8) is 0 Å². The SMILES string of the molecule is CCOC(=O)C(C(C)=O)C(O)(C(=O)OCC)C(=O)OCC. The first-order valence-electron chi connectivity index (χ1n) is 6.51. The monoisotopic (exact) mass is 304 g/mol. The average Bonchev–Trinajstić information content (AvgIpc) is 2.38. The van der Waals surface area contributed by atoms with Crippen molar-refractivity contribution in [2.45, 2.75) is 33.3 Å². The van der Waals surface area contributed by atoms with Crippen LogP contribution >= 0.6 is 0 Å². The first-order valence-corrected chi connectivity index (χ1v) is 6.51. The summed E-state index contributed by atoms with van der Waals surface area (Å²) in [5.74, 6) is -7.03. The molecule has 21 heavy (non-hydrogen) atoms. The maximum atomic E-state index is 11.9. The van der Waals surface area contributed by atoms with Crippen molar-refractivity contribution in [3.8, 4) is 0 Å². The number of esters is 3. The molecule has 0 radical (unpaired) electrons. The number of hydrogen-bond donors (Lipinski definition) is 1. The van der Waals surface area contributed by atoms with Gasteiger partial charge in [-0.05, 0) is 27.7 Å². The Hall–Kier alpha value is -1.96. The van der Waals surface area contributed by atoms with E-state index in [2.05, 4.69) is 14.2 Å². The van der Waals surface area contributed by atoms with Crippen molar-refractivity contribution < 1.29 is 38.5 Å². The fourth-order valence-corrected chi connectivity index (χ4v) is 1.66. The van der Waals surface area contributed by atoms with E-state index in [9.17, 15) is 24.3 Å². The van der Waals surface area contributed by atoms with Gasteiger partial charge in [-0.1, -0.05) is 0 Å². The molecular weight excluding hydrogens is 284 g/mol. The largest absolute Gasteiger partial charge is 0.465 e. The first kappa shape index (κ1) is 19.0. The lowest BCUT2D eigenvalue weighted by atomic mass is 9.84. The smallest absolute Gasteiger partial charge is 0.351 e. The summed E-state index contributed by atoms with van der Waals surface area (Å²) in [5, 5.41) is 10.4. The third kappa shape index (κ3) is 4.25. The van der Waals surface area contributed by atoms with Crippen LogP contribution in [0.15, 0.2) is 0 Å².